The van der Waals surface area contributed by atoms with Crippen molar-refractivity contribution >= 4 is 17.5 Å². The molecule has 5 nitrogen and oxygen atoms in total. The van der Waals surface area contributed by atoms with Gasteiger partial charge in [0.05, 0.1) is 7.11 Å². The van der Waals surface area contributed by atoms with Gasteiger partial charge in [-0.3, -0.25) is 10.5 Å². The van der Waals surface area contributed by atoms with E-state index in [4.69, 9.17) is 15.6 Å². The number of phenols is 1. The SMILES string of the molecule is CC=C1CCC1.CCCCC(N)(F)CC(C)CC.CCl.COc1ccc(O)cc1.O=C1CCCN1. The summed E-state index contributed by atoms with van der Waals surface area (Å²) in [6.07, 6.45) is 13.6. The molecular weight excluding hydrogens is 467 g/mol. The minimum absolute atomic E-state index is 0.204. The van der Waals surface area contributed by atoms with Crippen LogP contribution in [0.2, 0.25) is 0 Å². The average molecular weight is 517 g/mol. The van der Waals surface area contributed by atoms with Crippen LogP contribution in [0.1, 0.15) is 91.9 Å². The van der Waals surface area contributed by atoms with Gasteiger partial charge in [-0.1, -0.05) is 45.3 Å². The van der Waals surface area contributed by atoms with Gasteiger partial charge in [0.2, 0.25) is 5.91 Å². The fourth-order valence-corrected chi connectivity index (χ4v) is 3.11. The molecule has 1 heterocycles. The van der Waals surface area contributed by atoms with Crippen molar-refractivity contribution in [3.05, 3.63) is 35.9 Å². The zero-order chi connectivity index (χ0) is 27.1. The van der Waals surface area contributed by atoms with Crippen LogP contribution in [0.25, 0.3) is 0 Å². The van der Waals surface area contributed by atoms with Crippen LogP contribution in [0.4, 0.5) is 4.39 Å². The Balaban J connectivity index is 0. The number of hydrogen-bond donors (Lipinski definition) is 3. The van der Waals surface area contributed by atoms with E-state index in [-0.39, 0.29) is 11.7 Å². The maximum atomic E-state index is 13.5. The largest absolute Gasteiger partial charge is 0.508 e. The number of allylic oxidation sites excluding steroid dienone is 2. The molecule has 35 heavy (non-hydrogen) atoms. The van der Waals surface area contributed by atoms with Crippen LogP contribution in [0.15, 0.2) is 35.9 Å². The molecule has 4 N–H and O–H groups in total. The van der Waals surface area contributed by atoms with Gasteiger partial charge in [-0.15, -0.1) is 11.6 Å². The summed E-state index contributed by atoms with van der Waals surface area (Å²) < 4.78 is 18.4. The van der Waals surface area contributed by atoms with Gasteiger partial charge in [0, 0.05) is 19.3 Å². The Hall–Kier alpha value is -1.79. The molecule has 2 unspecified atom stereocenters. The second-order valence-electron chi connectivity index (χ2n) is 8.81. The van der Waals surface area contributed by atoms with Crippen molar-refractivity contribution in [3.8, 4) is 11.5 Å². The van der Waals surface area contributed by atoms with E-state index < -0.39 is 5.79 Å². The Labute approximate surface area is 218 Å². The number of benzene rings is 1. The lowest BCUT2D eigenvalue weighted by Gasteiger charge is -2.23. The highest BCUT2D eigenvalue weighted by Crippen LogP contribution is 2.24. The molecule has 3 rings (SSSR count). The van der Waals surface area contributed by atoms with E-state index in [1.165, 1.54) is 25.6 Å². The van der Waals surface area contributed by atoms with Crippen molar-refractivity contribution in [2.45, 2.75) is 97.7 Å². The summed E-state index contributed by atoms with van der Waals surface area (Å²) in [7, 11) is 1.59. The molecule has 0 bridgehead atoms. The van der Waals surface area contributed by atoms with Gasteiger partial charge in [-0.25, -0.2) is 4.39 Å². The third-order valence-electron chi connectivity index (χ3n) is 5.71. The lowest BCUT2D eigenvalue weighted by molar-refractivity contribution is -0.119. The molecule has 204 valence electrons. The molecule has 1 amide bonds. The molecule has 2 atom stereocenters. The Bertz CT molecular complexity index is 653. The van der Waals surface area contributed by atoms with Gasteiger partial charge < -0.3 is 15.2 Å². The van der Waals surface area contributed by atoms with Crippen molar-refractivity contribution in [1.29, 1.82) is 0 Å². The fourth-order valence-electron chi connectivity index (χ4n) is 3.11. The van der Waals surface area contributed by atoms with Gasteiger partial charge in [-0.2, -0.15) is 0 Å². The highest BCUT2D eigenvalue weighted by Gasteiger charge is 2.24. The number of aromatic hydroxyl groups is 1. The molecule has 2 fully saturated rings. The molecule has 0 spiro atoms. The van der Waals surface area contributed by atoms with Crippen LogP contribution in [0, 0.1) is 5.92 Å². The van der Waals surface area contributed by atoms with Gasteiger partial charge >= 0.3 is 0 Å². The van der Waals surface area contributed by atoms with E-state index in [0.29, 0.717) is 18.8 Å². The van der Waals surface area contributed by atoms with Crippen molar-refractivity contribution < 1.29 is 19.0 Å². The predicted octanol–water partition coefficient (Wildman–Crippen LogP) is 7.51. The van der Waals surface area contributed by atoms with E-state index in [2.05, 4.69) is 43.8 Å². The van der Waals surface area contributed by atoms with Crippen molar-refractivity contribution in [3.63, 3.8) is 0 Å². The number of halogens is 2. The maximum absolute atomic E-state index is 13.5. The molecule has 0 aromatic heterocycles. The van der Waals surface area contributed by atoms with Crippen molar-refractivity contribution in [2.24, 2.45) is 11.7 Å². The molecule has 1 saturated heterocycles. The summed E-state index contributed by atoms with van der Waals surface area (Å²) in [4.78, 5) is 10.1. The van der Waals surface area contributed by atoms with Crippen LogP contribution in [0.5, 0.6) is 11.5 Å². The zero-order valence-corrected chi connectivity index (χ0v) is 23.6. The number of unbranched alkanes of at least 4 members (excludes halogenated alkanes) is 1. The number of nitrogens with one attached hydrogen (secondary N) is 1. The standard InChI is InChI=1S/C10H22FN.C7H8O2.C6H10.C4H7NO.CH3Cl/c1-4-6-7-10(11,12)8-9(3)5-2;1-9-7-4-2-6(8)3-5-7;1-2-6-4-3-5-6;6-4-2-1-3-5-4;1-2/h9H,4-8,12H2,1-3H3;2-5,8H,1H3;2H,3-5H2,1H3;1-3H2,(H,5,6);1H3. The third-order valence-corrected chi connectivity index (χ3v) is 5.71. The van der Waals surface area contributed by atoms with E-state index in [0.717, 1.165) is 44.4 Å². The molecule has 1 saturated carbocycles. The zero-order valence-electron chi connectivity index (χ0n) is 22.8. The summed E-state index contributed by atoms with van der Waals surface area (Å²) in [5, 5.41) is 11.5. The summed E-state index contributed by atoms with van der Waals surface area (Å²) in [5.74, 6) is 0.196. The topological polar surface area (TPSA) is 84.6 Å². The first kappa shape index (κ1) is 35.4. The van der Waals surface area contributed by atoms with E-state index in [9.17, 15) is 9.18 Å². The Morgan fingerprint density at radius 1 is 1.20 bits per heavy atom. The molecule has 1 aliphatic heterocycles. The number of amides is 1. The van der Waals surface area contributed by atoms with Gasteiger partial charge in [0.15, 0.2) is 5.79 Å². The second-order valence-corrected chi connectivity index (χ2v) is 8.81. The molecule has 1 aromatic carbocycles. The quantitative estimate of drug-likeness (QED) is 0.199. The lowest BCUT2D eigenvalue weighted by Crippen LogP contribution is -2.36. The first-order valence-corrected chi connectivity index (χ1v) is 13.5. The van der Waals surface area contributed by atoms with Gasteiger partial charge in [-0.05, 0) is 82.1 Å². The number of phenolic OH excluding ortho intramolecular Hbond substituents is 1. The summed E-state index contributed by atoms with van der Waals surface area (Å²) in [5.41, 5.74) is 7.16. The molecule has 2 aliphatic rings. The van der Waals surface area contributed by atoms with Gasteiger partial charge in [0.1, 0.15) is 11.5 Å². The summed E-state index contributed by atoms with van der Waals surface area (Å²) in [6.45, 7) is 9.18. The van der Waals surface area contributed by atoms with Gasteiger partial charge in [0.25, 0.3) is 0 Å². The molecule has 7 heteroatoms. The van der Waals surface area contributed by atoms with E-state index in [1.54, 1.807) is 36.9 Å². The number of carbonyl (C=O) groups is 1. The highest BCUT2D eigenvalue weighted by atomic mass is 35.5. The van der Waals surface area contributed by atoms with E-state index in [1.807, 2.05) is 6.92 Å². The van der Waals surface area contributed by atoms with Crippen LogP contribution < -0.4 is 15.8 Å². The minimum Gasteiger partial charge on any atom is -0.508 e. The second kappa shape index (κ2) is 22.7. The first-order chi connectivity index (χ1) is 16.7. The number of nitrogens with two attached hydrogens (primary N) is 1. The molecular formula is C28H50ClFN2O3. The van der Waals surface area contributed by atoms with Crippen LogP contribution in [-0.2, 0) is 4.79 Å². The average Bonchev–Trinajstić information content (AvgIpc) is 3.31. The molecule has 1 aliphatic carbocycles. The number of carbonyl (C=O) groups excluding carboxylic acids is 1. The number of ether oxygens (including phenoxy) is 1. The van der Waals surface area contributed by atoms with Crippen LogP contribution in [-0.4, -0.2) is 36.8 Å². The van der Waals surface area contributed by atoms with Crippen molar-refractivity contribution in [1.82, 2.24) is 5.32 Å². The Morgan fingerprint density at radius 2 is 1.80 bits per heavy atom. The normalized spacial score (nSPS) is 15.9. The lowest BCUT2D eigenvalue weighted by atomic mass is 9.93. The monoisotopic (exact) mass is 516 g/mol. The summed E-state index contributed by atoms with van der Waals surface area (Å²) >= 11 is 4.64. The number of rotatable bonds is 7. The number of methoxy groups -OCH3 is 1. The van der Waals surface area contributed by atoms with E-state index >= 15 is 0 Å². The van der Waals surface area contributed by atoms with Crippen LogP contribution >= 0.6 is 11.6 Å². The first-order valence-electron chi connectivity index (χ1n) is 12.8. The highest BCUT2D eigenvalue weighted by molar-refractivity contribution is 6.15. The fraction of sp³-hybridized carbons (Fsp3) is 0.679. The van der Waals surface area contributed by atoms with Crippen LogP contribution in [0.3, 0.4) is 0 Å². The molecule has 1 aromatic rings. The number of alkyl halides is 2. The maximum Gasteiger partial charge on any atom is 0.220 e. The Kier molecular flexibility index (Phi) is 22.9. The van der Waals surface area contributed by atoms with Crippen molar-refractivity contribution in [2.75, 3.05) is 20.0 Å². The minimum atomic E-state index is -1.43. The molecule has 0 radical (unpaired) electrons. The number of hydrogen-bond acceptors (Lipinski definition) is 4. The predicted molar refractivity (Wildman–Crippen MR) is 148 cm³/mol. The Morgan fingerprint density at radius 3 is 2.09 bits per heavy atom. The summed E-state index contributed by atoms with van der Waals surface area (Å²) in [6, 6.07) is 6.57. The smallest absolute Gasteiger partial charge is 0.220 e. The third kappa shape index (κ3) is 21.2.